The predicted octanol–water partition coefficient (Wildman–Crippen LogP) is 2.62. The molecule has 0 spiro atoms. The first-order valence-corrected chi connectivity index (χ1v) is 7.31. The number of carbonyl (C=O) groups excluding carboxylic acids is 2. The van der Waals surface area contributed by atoms with Crippen LogP contribution < -0.4 is 10.2 Å². The Morgan fingerprint density at radius 3 is 2.59 bits per heavy atom. The number of anilines is 1. The summed E-state index contributed by atoms with van der Waals surface area (Å²) in [5.41, 5.74) is 2.00. The average Bonchev–Trinajstić information content (AvgIpc) is 3.05. The van der Waals surface area contributed by atoms with Gasteiger partial charge >= 0.3 is 0 Å². The molecule has 2 amide bonds. The van der Waals surface area contributed by atoms with Gasteiger partial charge in [0.05, 0.1) is 6.26 Å². The van der Waals surface area contributed by atoms with E-state index in [4.69, 9.17) is 4.42 Å². The molecular formula is C17H20N2O3. The van der Waals surface area contributed by atoms with E-state index in [-0.39, 0.29) is 17.6 Å². The van der Waals surface area contributed by atoms with Crippen molar-refractivity contribution in [1.82, 2.24) is 5.32 Å². The van der Waals surface area contributed by atoms with Crippen LogP contribution in [0.25, 0.3) is 0 Å². The monoisotopic (exact) mass is 300 g/mol. The van der Waals surface area contributed by atoms with Gasteiger partial charge in [-0.05, 0) is 30.2 Å². The molecule has 1 aromatic carbocycles. The van der Waals surface area contributed by atoms with E-state index >= 15 is 0 Å². The Bertz CT molecular complexity index is 635. The standard InChI is InChI=1S/C17H20N2O3/c1-3-14-7-4-5-8-15(14)19(13(2)20)11-10-18-17(21)16-9-6-12-22-16/h4-9,12H,3,10-11H2,1-2H3,(H,18,21). The first-order valence-electron chi connectivity index (χ1n) is 7.31. The van der Waals surface area contributed by atoms with Crippen LogP contribution in [0, 0.1) is 0 Å². The van der Waals surface area contributed by atoms with Gasteiger partial charge in [0, 0.05) is 25.7 Å². The van der Waals surface area contributed by atoms with Gasteiger partial charge in [-0.3, -0.25) is 9.59 Å². The number of carbonyl (C=O) groups is 2. The molecule has 1 aromatic heterocycles. The number of nitrogens with zero attached hydrogens (tertiary/aromatic N) is 1. The summed E-state index contributed by atoms with van der Waals surface area (Å²) < 4.78 is 5.03. The highest BCUT2D eigenvalue weighted by molar-refractivity contribution is 5.93. The third-order valence-electron chi connectivity index (χ3n) is 3.41. The van der Waals surface area contributed by atoms with Crippen LogP contribution in [0.2, 0.25) is 0 Å². The van der Waals surface area contributed by atoms with E-state index in [0.29, 0.717) is 13.1 Å². The summed E-state index contributed by atoms with van der Waals surface area (Å²) in [5, 5.41) is 2.75. The van der Waals surface area contributed by atoms with Crippen LogP contribution in [0.4, 0.5) is 5.69 Å². The largest absolute Gasteiger partial charge is 0.459 e. The van der Waals surface area contributed by atoms with Gasteiger partial charge in [-0.25, -0.2) is 0 Å². The highest BCUT2D eigenvalue weighted by Gasteiger charge is 2.15. The van der Waals surface area contributed by atoms with E-state index in [1.807, 2.05) is 24.3 Å². The average molecular weight is 300 g/mol. The summed E-state index contributed by atoms with van der Waals surface area (Å²) in [5.74, 6) is -0.0613. The fourth-order valence-electron chi connectivity index (χ4n) is 2.30. The molecule has 0 saturated carbocycles. The van der Waals surface area contributed by atoms with Gasteiger partial charge in [0.2, 0.25) is 5.91 Å². The molecule has 1 heterocycles. The van der Waals surface area contributed by atoms with Crippen molar-refractivity contribution in [3.05, 3.63) is 54.0 Å². The van der Waals surface area contributed by atoms with E-state index in [1.165, 1.54) is 13.2 Å². The topological polar surface area (TPSA) is 62.6 Å². The molecule has 0 fully saturated rings. The number of rotatable bonds is 6. The molecule has 0 unspecified atom stereocenters. The zero-order chi connectivity index (χ0) is 15.9. The minimum Gasteiger partial charge on any atom is -0.459 e. The van der Waals surface area contributed by atoms with Gasteiger partial charge in [-0.2, -0.15) is 0 Å². The maximum Gasteiger partial charge on any atom is 0.287 e. The Morgan fingerprint density at radius 1 is 1.18 bits per heavy atom. The molecule has 5 nitrogen and oxygen atoms in total. The Morgan fingerprint density at radius 2 is 1.95 bits per heavy atom. The van der Waals surface area contributed by atoms with Crippen LogP contribution in [0.1, 0.15) is 30.0 Å². The van der Waals surface area contributed by atoms with Gasteiger partial charge in [0.25, 0.3) is 5.91 Å². The van der Waals surface area contributed by atoms with Crippen molar-refractivity contribution in [2.45, 2.75) is 20.3 Å². The Balaban J connectivity index is 2.01. The van der Waals surface area contributed by atoms with Crippen molar-refractivity contribution in [3.63, 3.8) is 0 Å². The summed E-state index contributed by atoms with van der Waals surface area (Å²) >= 11 is 0. The molecule has 2 aromatic rings. The lowest BCUT2D eigenvalue weighted by Gasteiger charge is -2.23. The highest BCUT2D eigenvalue weighted by atomic mass is 16.3. The third kappa shape index (κ3) is 3.75. The van der Waals surface area contributed by atoms with E-state index in [1.54, 1.807) is 17.0 Å². The first kappa shape index (κ1) is 15.8. The second kappa shape index (κ2) is 7.45. The number of amides is 2. The molecule has 5 heteroatoms. The van der Waals surface area contributed by atoms with Crippen molar-refractivity contribution in [2.24, 2.45) is 0 Å². The fraction of sp³-hybridized carbons (Fsp3) is 0.294. The van der Waals surface area contributed by atoms with E-state index < -0.39 is 0 Å². The van der Waals surface area contributed by atoms with E-state index in [0.717, 1.165) is 17.7 Å². The maximum absolute atomic E-state index is 11.9. The van der Waals surface area contributed by atoms with Crippen molar-refractivity contribution < 1.29 is 14.0 Å². The molecule has 0 aliphatic rings. The quantitative estimate of drug-likeness (QED) is 0.892. The van der Waals surface area contributed by atoms with Crippen molar-refractivity contribution in [2.75, 3.05) is 18.0 Å². The number of benzene rings is 1. The van der Waals surface area contributed by atoms with Gasteiger partial charge in [-0.15, -0.1) is 0 Å². The van der Waals surface area contributed by atoms with E-state index in [2.05, 4.69) is 12.2 Å². The number of furan rings is 1. The lowest BCUT2D eigenvalue weighted by Crippen LogP contribution is -2.38. The number of para-hydroxylation sites is 1. The summed E-state index contributed by atoms with van der Waals surface area (Å²) in [6, 6.07) is 11.1. The fourth-order valence-corrected chi connectivity index (χ4v) is 2.30. The number of aryl methyl sites for hydroxylation is 1. The molecule has 0 atom stereocenters. The van der Waals surface area contributed by atoms with Crippen LogP contribution in [0.15, 0.2) is 47.1 Å². The molecular weight excluding hydrogens is 280 g/mol. The van der Waals surface area contributed by atoms with E-state index in [9.17, 15) is 9.59 Å². The van der Waals surface area contributed by atoms with Crippen LogP contribution in [-0.2, 0) is 11.2 Å². The van der Waals surface area contributed by atoms with Gasteiger partial charge in [0.15, 0.2) is 5.76 Å². The lowest BCUT2D eigenvalue weighted by atomic mass is 10.1. The SMILES string of the molecule is CCc1ccccc1N(CCNC(=O)c1ccco1)C(C)=O. The van der Waals surface area contributed by atoms with Crippen molar-refractivity contribution >= 4 is 17.5 Å². The Kier molecular flexibility index (Phi) is 5.36. The maximum atomic E-state index is 11.9. The van der Waals surface area contributed by atoms with Gasteiger partial charge in [0.1, 0.15) is 0 Å². The third-order valence-corrected chi connectivity index (χ3v) is 3.41. The number of nitrogens with one attached hydrogen (secondary N) is 1. The highest BCUT2D eigenvalue weighted by Crippen LogP contribution is 2.20. The zero-order valence-corrected chi connectivity index (χ0v) is 12.8. The first-order chi connectivity index (χ1) is 10.6. The summed E-state index contributed by atoms with van der Waals surface area (Å²) in [7, 11) is 0. The van der Waals surface area contributed by atoms with Crippen molar-refractivity contribution in [1.29, 1.82) is 0 Å². The minimum atomic E-state index is -0.280. The predicted molar refractivity (Wildman–Crippen MR) is 84.9 cm³/mol. The molecule has 22 heavy (non-hydrogen) atoms. The molecule has 1 N–H and O–H groups in total. The summed E-state index contributed by atoms with van der Waals surface area (Å²) in [4.78, 5) is 25.4. The Hall–Kier alpha value is -2.56. The second-order valence-electron chi connectivity index (χ2n) is 4.89. The van der Waals surface area contributed by atoms with Crippen LogP contribution in [-0.4, -0.2) is 24.9 Å². The Labute approximate surface area is 129 Å². The molecule has 0 saturated heterocycles. The molecule has 0 radical (unpaired) electrons. The second-order valence-corrected chi connectivity index (χ2v) is 4.89. The summed E-state index contributed by atoms with van der Waals surface area (Å²) in [6.07, 6.45) is 2.30. The molecule has 0 bridgehead atoms. The zero-order valence-electron chi connectivity index (χ0n) is 12.8. The van der Waals surface area contributed by atoms with Crippen LogP contribution in [0.5, 0.6) is 0 Å². The summed E-state index contributed by atoms with van der Waals surface area (Å²) in [6.45, 7) is 4.35. The minimum absolute atomic E-state index is 0.0480. The van der Waals surface area contributed by atoms with Crippen LogP contribution >= 0.6 is 0 Å². The van der Waals surface area contributed by atoms with Gasteiger partial charge < -0.3 is 14.6 Å². The normalized spacial score (nSPS) is 10.3. The molecule has 2 rings (SSSR count). The number of hydrogen-bond acceptors (Lipinski definition) is 3. The van der Waals surface area contributed by atoms with Crippen molar-refractivity contribution in [3.8, 4) is 0 Å². The molecule has 0 aliphatic carbocycles. The van der Waals surface area contributed by atoms with Gasteiger partial charge in [-0.1, -0.05) is 25.1 Å². The molecule has 0 aliphatic heterocycles. The lowest BCUT2D eigenvalue weighted by molar-refractivity contribution is -0.116. The van der Waals surface area contributed by atoms with Crippen LogP contribution in [0.3, 0.4) is 0 Å². The smallest absolute Gasteiger partial charge is 0.287 e. The molecule has 116 valence electrons. The number of hydrogen-bond donors (Lipinski definition) is 1.